The molecule has 6 nitrogen and oxygen atoms in total. The van der Waals surface area contributed by atoms with Gasteiger partial charge in [0.15, 0.2) is 5.69 Å². The van der Waals surface area contributed by atoms with Crippen molar-refractivity contribution in [3.63, 3.8) is 0 Å². The Morgan fingerprint density at radius 2 is 2.24 bits per heavy atom. The first-order valence-electron chi connectivity index (χ1n) is 5.78. The number of aromatic nitrogens is 2. The number of nitrogens with zero attached hydrogens (tertiary/aromatic N) is 2. The van der Waals surface area contributed by atoms with Gasteiger partial charge >= 0.3 is 0 Å². The summed E-state index contributed by atoms with van der Waals surface area (Å²) < 4.78 is 0. The lowest BCUT2D eigenvalue weighted by molar-refractivity contribution is 0.0957. The largest absolute Gasteiger partial charge is 0.364 e. The summed E-state index contributed by atoms with van der Waals surface area (Å²) in [6.07, 6.45) is 3.24. The van der Waals surface area contributed by atoms with Crippen molar-refractivity contribution in [1.29, 1.82) is 0 Å². The second kappa shape index (κ2) is 5.09. The zero-order chi connectivity index (χ0) is 12.3. The molecular formula is C11H17N5O. The van der Waals surface area contributed by atoms with Crippen LogP contribution in [0.4, 0.5) is 5.82 Å². The van der Waals surface area contributed by atoms with Gasteiger partial charge in [-0.1, -0.05) is 0 Å². The van der Waals surface area contributed by atoms with Crippen LogP contribution in [-0.2, 0) is 0 Å². The van der Waals surface area contributed by atoms with E-state index in [9.17, 15) is 4.79 Å². The van der Waals surface area contributed by atoms with Gasteiger partial charge in [0.1, 0.15) is 5.82 Å². The fourth-order valence-electron chi connectivity index (χ4n) is 2.02. The molecule has 1 aromatic rings. The molecule has 0 aliphatic heterocycles. The first-order chi connectivity index (χ1) is 8.20. The van der Waals surface area contributed by atoms with Gasteiger partial charge < -0.3 is 16.4 Å². The van der Waals surface area contributed by atoms with Crippen molar-refractivity contribution in [2.45, 2.75) is 31.3 Å². The summed E-state index contributed by atoms with van der Waals surface area (Å²) in [5, 5.41) is 13.6. The van der Waals surface area contributed by atoms with Crippen molar-refractivity contribution < 1.29 is 4.79 Å². The number of nitrogens with one attached hydrogen (secondary N) is 2. The highest BCUT2D eigenvalue weighted by atomic mass is 16.1. The number of rotatable bonds is 3. The second-order valence-electron chi connectivity index (χ2n) is 4.23. The maximum atomic E-state index is 11.3. The molecule has 0 aromatic carbocycles. The summed E-state index contributed by atoms with van der Waals surface area (Å²) >= 11 is 0. The lowest BCUT2D eigenvalue weighted by Gasteiger charge is -2.17. The molecular weight excluding hydrogens is 218 g/mol. The summed E-state index contributed by atoms with van der Waals surface area (Å²) in [7, 11) is 1.56. The molecule has 0 spiro atoms. The van der Waals surface area contributed by atoms with E-state index in [1.54, 1.807) is 19.2 Å². The summed E-state index contributed by atoms with van der Waals surface area (Å²) in [5.41, 5.74) is 6.27. The van der Waals surface area contributed by atoms with Gasteiger partial charge in [0.05, 0.1) is 0 Å². The van der Waals surface area contributed by atoms with E-state index in [4.69, 9.17) is 5.73 Å². The topological polar surface area (TPSA) is 92.9 Å². The molecule has 0 bridgehead atoms. The molecule has 1 aliphatic rings. The van der Waals surface area contributed by atoms with Crippen molar-refractivity contribution in [2.75, 3.05) is 12.4 Å². The summed E-state index contributed by atoms with van der Waals surface area (Å²) in [6.45, 7) is 0. The zero-order valence-electron chi connectivity index (χ0n) is 9.81. The first kappa shape index (κ1) is 11.8. The Balaban J connectivity index is 2.00. The van der Waals surface area contributed by atoms with E-state index in [1.807, 2.05) is 0 Å². The Morgan fingerprint density at radius 3 is 2.76 bits per heavy atom. The van der Waals surface area contributed by atoms with Gasteiger partial charge in [-0.25, -0.2) is 0 Å². The molecule has 1 aliphatic carbocycles. The van der Waals surface area contributed by atoms with E-state index in [0.717, 1.165) is 19.3 Å². The van der Waals surface area contributed by atoms with E-state index < -0.39 is 0 Å². The quantitative estimate of drug-likeness (QED) is 0.692. The maximum absolute atomic E-state index is 11.3. The van der Waals surface area contributed by atoms with Crippen LogP contribution in [0.15, 0.2) is 12.1 Å². The molecule has 1 saturated carbocycles. The van der Waals surface area contributed by atoms with Gasteiger partial charge in [0, 0.05) is 19.1 Å². The molecule has 4 N–H and O–H groups in total. The number of anilines is 1. The van der Waals surface area contributed by atoms with Crippen LogP contribution in [0.3, 0.4) is 0 Å². The lowest BCUT2D eigenvalue weighted by Crippen LogP contribution is -2.35. The van der Waals surface area contributed by atoms with Crippen molar-refractivity contribution >= 4 is 11.7 Å². The van der Waals surface area contributed by atoms with Gasteiger partial charge in [-0.05, 0) is 31.4 Å². The Bertz CT molecular complexity index is 391. The molecule has 1 amide bonds. The molecule has 1 fully saturated rings. The van der Waals surface area contributed by atoms with Crippen LogP contribution in [-0.4, -0.2) is 35.2 Å². The Hall–Kier alpha value is -1.69. The SMILES string of the molecule is CNC(=O)c1ccc(NC2CCCC2N)nn1. The average molecular weight is 235 g/mol. The van der Waals surface area contributed by atoms with Crippen molar-refractivity contribution in [1.82, 2.24) is 15.5 Å². The molecule has 2 unspecified atom stereocenters. The minimum absolute atomic E-state index is 0.176. The van der Waals surface area contributed by atoms with Crippen molar-refractivity contribution in [3.05, 3.63) is 17.8 Å². The van der Waals surface area contributed by atoms with E-state index in [1.165, 1.54) is 0 Å². The van der Waals surface area contributed by atoms with E-state index in [-0.39, 0.29) is 18.0 Å². The maximum Gasteiger partial charge on any atom is 0.271 e. The number of carbonyl (C=O) groups is 1. The van der Waals surface area contributed by atoms with Gasteiger partial charge in [0.2, 0.25) is 0 Å². The summed E-state index contributed by atoms with van der Waals surface area (Å²) in [5.74, 6) is 0.432. The average Bonchev–Trinajstić information content (AvgIpc) is 2.75. The third-order valence-electron chi connectivity index (χ3n) is 3.03. The molecule has 17 heavy (non-hydrogen) atoms. The number of hydrogen-bond acceptors (Lipinski definition) is 5. The third kappa shape index (κ3) is 2.71. The van der Waals surface area contributed by atoms with E-state index in [0.29, 0.717) is 11.5 Å². The number of hydrogen-bond donors (Lipinski definition) is 3. The Morgan fingerprint density at radius 1 is 1.41 bits per heavy atom. The van der Waals surface area contributed by atoms with Gasteiger partial charge in [-0.3, -0.25) is 4.79 Å². The van der Waals surface area contributed by atoms with Gasteiger partial charge in [-0.15, -0.1) is 10.2 Å². The van der Waals surface area contributed by atoms with Crippen LogP contribution < -0.4 is 16.4 Å². The molecule has 1 aromatic heterocycles. The predicted molar refractivity (Wildman–Crippen MR) is 64.7 cm³/mol. The normalized spacial score (nSPS) is 23.4. The molecule has 1 heterocycles. The minimum atomic E-state index is -0.235. The van der Waals surface area contributed by atoms with Crippen LogP contribution >= 0.6 is 0 Å². The van der Waals surface area contributed by atoms with Crippen LogP contribution in [0, 0.1) is 0 Å². The smallest absolute Gasteiger partial charge is 0.271 e. The fraction of sp³-hybridized carbons (Fsp3) is 0.545. The first-order valence-corrected chi connectivity index (χ1v) is 5.78. The molecule has 0 radical (unpaired) electrons. The number of nitrogens with two attached hydrogens (primary N) is 1. The van der Waals surface area contributed by atoms with Crippen LogP contribution in [0.1, 0.15) is 29.8 Å². The van der Waals surface area contributed by atoms with Crippen LogP contribution in [0.2, 0.25) is 0 Å². The molecule has 92 valence electrons. The Kier molecular flexibility index (Phi) is 3.53. The molecule has 0 saturated heterocycles. The second-order valence-corrected chi connectivity index (χ2v) is 4.23. The molecule has 6 heteroatoms. The van der Waals surface area contributed by atoms with Gasteiger partial charge in [0.25, 0.3) is 5.91 Å². The standard InChI is InChI=1S/C11H17N5O/c1-13-11(17)9-5-6-10(16-15-9)14-8-4-2-3-7(8)12/h5-8H,2-4,12H2,1H3,(H,13,17)(H,14,16). The zero-order valence-corrected chi connectivity index (χ0v) is 9.81. The van der Waals surface area contributed by atoms with Crippen LogP contribution in [0.25, 0.3) is 0 Å². The third-order valence-corrected chi connectivity index (χ3v) is 3.03. The predicted octanol–water partition coefficient (Wildman–Crippen LogP) is 0.128. The highest BCUT2D eigenvalue weighted by Gasteiger charge is 2.23. The lowest BCUT2D eigenvalue weighted by atomic mass is 10.2. The van der Waals surface area contributed by atoms with Crippen LogP contribution in [0.5, 0.6) is 0 Å². The summed E-state index contributed by atoms with van der Waals surface area (Å²) in [4.78, 5) is 11.3. The number of amides is 1. The minimum Gasteiger partial charge on any atom is -0.364 e. The molecule has 2 atom stereocenters. The fourth-order valence-corrected chi connectivity index (χ4v) is 2.02. The Labute approximate surface area is 100.0 Å². The van der Waals surface area contributed by atoms with Gasteiger partial charge in [-0.2, -0.15) is 0 Å². The van der Waals surface area contributed by atoms with Crippen molar-refractivity contribution in [2.24, 2.45) is 5.73 Å². The summed E-state index contributed by atoms with van der Waals surface area (Å²) in [6, 6.07) is 3.84. The van der Waals surface area contributed by atoms with E-state index in [2.05, 4.69) is 20.8 Å². The molecule has 2 rings (SSSR count). The number of carbonyl (C=O) groups excluding carboxylic acids is 1. The highest BCUT2D eigenvalue weighted by molar-refractivity contribution is 5.91. The monoisotopic (exact) mass is 235 g/mol. The highest BCUT2D eigenvalue weighted by Crippen LogP contribution is 2.20. The van der Waals surface area contributed by atoms with Crippen molar-refractivity contribution in [3.8, 4) is 0 Å². The van der Waals surface area contributed by atoms with E-state index >= 15 is 0 Å².